The monoisotopic (exact) mass is 283 g/mol. The number of hydrogen-bond acceptors (Lipinski definition) is 2. The number of aryl methyl sites for hydroxylation is 3. The molecule has 0 aliphatic heterocycles. The van der Waals surface area contributed by atoms with Crippen molar-refractivity contribution in [3.05, 3.63) is 59.2 Å². The molecule has 0 saturated heterocycles. The Bertz CT molecular complexity index is 632. The van der Waals surface area contributed by atoms with Crippen molar-refractivity contribution < 1.29 is 9.53 Å². The molecule has 3 heteroatoms. The minimum absolute atomic E-state index is 0.153. The van der Waals surface area contributed by atoms with Crippen LogP contribution in [0, 0.1) is 20.8 Å². The molecule has 1 atom stereocenters. The van der Waals surface area contributed by atoms with Gasteiger partial charge < -0.3 is 10.1 Å². The molecule has 2 aromatic rings. The maximum Gasteiger partial charge on any atom is 0.265 e. The second-order valence-corrected chi connectivity index (χ2v) is 5.38. The molecule has 3 nitrogen and oxygen atoms in total. The van der Waals surface area contributed by atoms with Gasteiger partial charge in [0.25, 0.3) is 5.91 Å². The van der Waals surface area contributed by atoms with Gasteiger partial charge in [0.2, 0.25) is 0 Å². The van der Waals surface area contributed by atoms with Crippen LogP contribution < -0.4 is 10.1 Å². The zero-order chi connectivity index (χ0) is 15.4. The Labute approximate surface area is 126 Å². The number of anilines is 1. The van der Waals surface area contributed by atoms with Crippen LogP contribution in [0.15, 0.2) is 42.5 Å². The van der Waals surface area contributed by atoms with Crippen molar-refractivity contribution >= 4 is 11.6 Å². The second kappa shape index (κ2) is 6.44. The van der Waals surface area contributed by atoms with Gasteiger partial charge >= 0.3 is 0 Å². The number of benzene rings is 2. The van der Waals surface area contributed by atoms with Crippen LogP contribution in [0.1, 0.15) is 23.6 Å². The molecule has 110 valence electrons. The quantitative estimate of drug-likeness (QED) is 0.920. The van der Waals surface area contributed by atoms with E-state index in [0.717, 1.165) is 28.1 Å². The molecule has 0 fully saturated rings. The molecule has 0 radical (unpaired) electrons. The number of carbonyl (C=O) groups is 1. The van der Waals surface area contributed by atoms with E-state index in [-0.39, 0.29) is 5.91 Å². The highest BCUT2D eigenvalue weighted by atomic mass is 16.5. The molecule has 2 rings (SSSR count). The average molecular weight is 283 g/mol. The number of carbonyl (C=O) groups excluding carboxylic acids is 1. The van der Waals surface area contributed by atoms with Gasteiger partial charge in [-0.25, -0.2) is 0 Å². The van der Waals surface area contributed by atoms with E-state index >= 15 is 0 Å². The molecule has 0 saturated carbocycles. The molecule has 2 aromatic carbocycles. The van der Waals surface area contributed by atoms with Crippen molar-refractivity contribution in [1.29, 1.82) is 0 Å². The summed E-state index contributed by atoms with van der Waals surface area (Å²) in [6, 6.07) is 13.7. The fourth-order valence-electron chi connectivity index (χ4n) is 1.96. The van der Waals surface area contributed by atoms with Gasteiger partial charge in [-0.15, -0.1) is 0 Å². The van der Waals surface area contributed by atoms with E-state index in [9.17, 15) is 4.79 Å². The summed E-state index contributed by atoms with van der Waals surface area (Å²) < 4.78 is 5.77. The standard InChI is InChI=1S/C18H21NO2/c1-12-6-9-16(10-7-12)19-18(20)15(4)21-17-11-13(2)5-8-14(17)3/h5-11,15H,1-4H3,(H,19,20)/t15-/m0/s1. The van der Waals surface area contributed by atoms with Gasteiger partial charge in [-0.1, -0.05) is 29.8 Å². The lowest BCUT2D eigenvalue weighted by molar-refractivity contribution is -0.122. The van der Waals surface area contributed by atoms with Gasteiger partial charge in [-0.05, 0) is 57.0 Å². The van der Waals surface area contributed by atoms with Crippen molar-refractivity contribution in [3.8, 4) is 5.75 Å². The third-order valence-corrected chi connectivity index (χ3v) is 3.34. The lowest BCUT2D eigenvalue weighted by atomic mass is 10.1. The molecule has 0 aliphatic carbocycles. The van der Waals surface area contributed by atoms with Gasteiger partial charge in [-0.2, -0.15) is 0 Å². The predicted molar refractivity (Wildman–Crippen MR) is 85.8 cm³/mol. The number of rotatable bonds is 4. The Balaban J connectivity index is 2.02. The van der Waals surface area contributed by atoms with Crippen LogP contribution in [0.3, 0.4) is 0 Å². The first kappa shape index (κ1) is 15.1. The van der Waals surface area contributed by atoms with Gasteiger partial charge in [0, 0.05) is 5.69 Å². The van der Waals surface area contributed by atoms with E-state index in [0.29, 0.717) is 0 Å². The summed E-state index contributed by atoms with van der Waals surface area (Å²) in [6.07, 6.45) is -0.549. The smallest absolute Gasteiger partial charge is 0.265 e. The lowest BCUT2D eigenvalue weighted by Gasteiger charge is -2.16. The number of amides is 1. The zero-order valence-corrected chi connectivity index (χ0v) is 12.9. The molecule has 1 N–H and O–H groups in total. The first-order chi connectivity index (χ1) is 9.95. The van der Waals surface area contributed by atoms with Gasteiger partial charge in [-0.3, -0.25) is 4.79 Å². The Hall–Kier alpha value is -2.29. The number of ether oxygens (including phenoxy) is 1. The van der Waals surface area contributed by atoms with Crippen molar-refractivity contribution in [2.24, 2.45) is 0 Å². The maximum absolute atomic E-state index is 12.2. The Morgan fingerprint density at radius 2 is 1.62 bits per heavy atom. The topological polar surface area (TPSA) is 38.3 Å². The highest BCUT2D eigenvalue weighted by Crippen LogP contribution is 2.21. The average Bonchev–Trinajstić information content (AvgIpc) is 2.45. The zero-order valence-electron chi connectivity index (χ0n) is 12.9. The minimum Gasteiger partial charge on any atom is -0.481 e. The Kier molecular flexibility index (Phi) is 4.63. The predicted octanol–water partition coefficient (Wildman–Crippen LogP) is 4.02. The third kappa shape index (κ3) is 4.09. The molecular weight excluding hydrogens is 262 g/mol. The van der Waals surface area contributed by atoms with E-state index in [1.807, 2.05) is 63.2 Å². The molecule has 0 aromatic heterocycles. The molecule has 0 bridgehead atoms. The molecule has 21 heavy (non-hydrogen) atoms. The number of nitrogens with one attached hydrogen (secondary N) is 1. The van der Waals surface area contributed by atoms with Gasteiger partial charge in [0.15, 0.2) is 6.10 Å². The molecule has 1 amide bonds. The second-order valence-electron chi connectivity index (χ2n) is 5.38. The summed E-state index contributed by atoms with van der Waals surface area (Å²) in [4.78, 5) is 12.2. The normalized spacial score (nSPS) is 11.8. The van der Waals surface area contributed by atoms with Crippen LogP contribution in [0.2, 0.25) is 0 Å². The van der Waals surface area contributed by atoms with Crippen LogP contribution in [-0.4, -0.2) is 12.0 Å². The summed E-state index contributed by atoms with van der Waals surface area (Å²) >= 11 is 0. The lowest BCUT2D eigenvalue weighted by Crippen LogP contribution is -2.30. The summed E-state index contributed by atoms with van der Waals surface area (Å²) in [5.74, 6) is 0.598. The summed E-state index contributed by atoms with van der Waals surface area (Å²) in [5.41, 5.74) is 4.08. The van der Waals surface area contributed by atoms with Crippen molar-refractivity contribution in [2.75, 3.05) is 5.32 Å². The van der Waals surface area contributed by atoms with Crippen molar-refractivity contribution in [1.82, 2.24) is 0 Å². The van der Waals surface area contributed by atoms with Crippen LogP contribution in [-0.2, 0) is 4.79 Å². The van der Waals surface area contributed by atoms with Crippen molar-refractivity contribution in [3.63, 3.8) is 0 Å². The Morgan fingerprint density at radius 1 is 1.00 bits per heavy atom. The maximum atomic E-state index is 12.2. The summed E-state index contributed by atoms with van der Waals surface area (Å²) in [5, 5.41) is 2.86. The third-order valence-electron chi connectivity index (χ3n) is 3.34. The van der Waals surface area contributed by atoms with E-state index in [4.69, 9.17) is 4.74 Å². The minimum atomic E-state index is -0.549. The fourth-order valence-corrected chi connectivity index (χ4v) is 1.96. The van der Waals surface area contributed by atoms with E-state index < -0.39 is 6.10 Å². The van der Waals surface area contributed by atoms with Gasteiger partial charge in [0.1, 0.15) is 5.75 Å². The van der Waals surface area contributed by atoms with Crippen LogP contribution in [0.25, 0.3) is 0 Å². The molecule has 0 unspecified atom stereocenters. The molecule has 0 spiro atoms. The highest BCUT2D eigenvalue weighted by Gasteiger charge is 2.15. The fraction of sp³-hybridized carbons (Fsp3) is 0.278. The summed E-state index contributed by atoms with van der Waals surface area (Å²) in [6.45, 7) is 7.74. The van der Waals surface area contributed by atoms with Crippen LogP contribution in [0.5, 0.6) is 5.75 Å². The molecule has 0 heterocycles. The molecular formula is C18H21NO2. The molecule has 0 aliphatic rings. The van der Waals surface area contributed by atoms with Crippen LogP contribution in [0.4, 0.5) is 5.69 Å². The SMILES string of the molecule is Cc1ccc(NC(=O)[C@H](C)Oc2cc(C)ccc2C)cc1. The van der Waals surface area contributed by atoms with E-state index in [1.54, 1.807) is 6.92 Å². The number of hydrogen-bond donors (Lipinski definition) is 1. The van der Waals surface area contributed by atoms with Crippen LogP contribution >= 0.6 is 0 Å². The first-order valence-corrected chi connectivity index (χ1v) is 7.07. The largest absolute Gasteiger partial charge is 0.481 e. The van der Waals surface area contributed by atoms with Gasteiger partial charge in [0.05, 0.1) is 0 Å². The van der Waals surface area contributed by atoms with E-state index in [2.05, 4.69) is 5.32 Å². The summed E-state index contributed by atoms with van der Waals surface area (Å²) in [7, 11) is 0. The first-order valence-electron chi connectivity index (χ1n) is 7.07. The van der Waals surface area contributed by atoms with E-state index in [1.165, 1.54) is 0 Å². The highest BCUT2D eigenvalue weighted by molar-refractivity contribution is 5.94. The Morgan fingerprint density at radius 3 is 2.29 bits per heavy atom. The van der Waals surface area contributed by atoms with Crippen molar-refractivity contribution in [2.45, 2.75) is 33.8 Å².